The standard InChI is InChI=1S/C17H17N3S/c1-2-4-14(5-3-1)17(15-6-9-18-10-7-15)20-11-8-16-19-12-13-21-16/h1-7,9-10,12-13,17,20H,8,11H2. The van der Waals surface area contributed by atoms with Crippen LogP contribution in [0.4, 0.5) is 0 Å². The van der Waals surface area contributed by atoms with Gasteiger partial charge in [0.05, 0.1) is 11.0 Å². The van der Waals surface area contributed by atoms with Gasteiger partial charge in [-0.3, -0.25) is 4.98 Å². The maximum absolute atomic E-state index is 4.33. The topological polar surface area (TPSA) is 37.8 Å². The number of aromatic nitrogens is 2. The molecule has 2 aromatic heterocycles. The molecular weight excluding hydrogens is 278 g/mol. The minimum absolute atomic E-state index is 0.189. The van der Waals surface area contributed by atoms with Crippen molar-refractivity contribution in [2.75, 3.05) is 6.54 Å². The first-order chi connectivity index (χ1) is 10.4. The lowest BCUT2D eigenvalue weighted by atomic mass is 9.99. The van der Waals surface area contributed by atoms with Gasteiger partial charge in [0, 0.05) is 36.9 Å². The van der Waals surface area contributed by atoms with Crippen molar-refractivity contribution < 1.29 is 0 Å². The normalized spacial score (nSPS) is 12.2. The molecule has 0 aliphatic rings. The van der Waals surface area contributed by atoms with Crippen molar-refractivity contribution in [1.29, 1.82) is 0 Å². The Labute approximate surface area is 128 Å². The van der Waals surface area contributed by atoms with Crippen molar-refractivity contribution in [3.05, 3.63) is 82.6 Å². The van der Waals surface area contributed by atoms with Gasteiger partial charge in [0.25, 0.3) is 0 Å². The minimum atomic E-state index is 0.189. The van der Waals surface area contributed by atoms with Crippen molar-refractivity contribution in [2.24, 2.45) is 0 Å². The highest BCUT2D eigenvalue weighted by molar-refractivity contribution is 7.09. The molecule has 1 unspecified atom stereocenters. The molecule has 3 nitrogen and oxygen atoms in total. The first-order valence-corrected chi connectivity index (χ1v) is 7.88. The third-order valence-corrected chi connectivity index (χ3v) is 4.18. The highest BCUT2D eigenvalue weighted by atomic mass is 32.1. The van der Waals surface area contributed by atoms with E-state index in [4.69, 9.17) is 0 Å². The van der Waals surface area contributed by atoms with E-state index in [2.05, 4.69) is 51.7 Å². The molecule has 0 aliphatic heterocycles. The minimum Gasteiger partial charge on any atom is -0.306 e. The summed E-state index contributed by atoms with van der Waals surface area (Å²) in [6.45, 7) is 0.898. The van der Waals surface area contributed by atoms with E-state index >= 15 is 0 Å². The van der Waals surface area contributed by atoms with Crippen LogP contribution in [0, 0.1) is 0 Å². The summed E-state index contributed by atoms with van der Waals surface area (Å²) < 4.78 is 0. The molecule has 4 heteroatoms. The Hall–Kier alpha value is -2.04. The van der Waals surface area contributed by atoms with Gasteiger partial charge in [0.1, 0.15) is 0 Å². The number of rotatable bonds is 6. The molecule has 106 valence electrons. The molecule has 3 rings (SSSR count). The summed E-state index contributed by atoms with van der Waals surface area (Å²) in [5.41, 5.74) is 2.50. The Morgan fingerprint density at radius 1 is 0.952 bits per heavy atom. The van der Waals surface area contributed by atoms with E-state index in [9.17, 15) is 0 Å². The quantitative estimate of drug-likeness (QED) is 0.757. The zero-order valence-corrected chi connectivity index (χ0v) is 12.5. The van der Waals surface area contributed by atoms with E-state index in [1.165, 1.54) is 16.1 Å². The van der Waals surface area contributed by atoms with Crippen LogP contribution in [0.15, 0.2) is 66.4 Å². The third kappa shape index (κ3) is 3.74. The molecule has 0 amide bonds. The molecule has 0 fully saturated rings. The molecule has 0 bridgehead atoms. The van der Waals surface area contributed by atoms with Crippen molar-refractivity contribution in [3.8, 4) is 0 Å². The van der Waals surface area contributed by atoms with Crippen LogP contribution in [0.2, 0.25) is 0 Å². The van der Waals surface area contributed by atoms with E-state index in [1.807, 2.05) is 30.0 Å². The first-order valence-electron chi connectivity index (χ1n) is 7.00. The molecule has 1 atom stereocenters. The van der Waals surface area contributed by atoms with Crippen LogP contribution in [0.5, 0.6) is 0 Å². The lowest BCUT2D eigenvalue weighted by Crippen LogP contribution is -2.24. The fourth-order valence-electron chi connectivity index (χ4n) is 2.33. The van der Waals surface area contributed by atoms with E-state index in [-0.39, 0.29) is 6.04 Å². The Morgan fingerprint density at radius 2 is 1.71 bits per heavy atom. The Bertz CT molecular complexity index is 599. The number of nitrogens with zero attached hydrogens (tertiary/aromatic N) is 2. The van der Waals surface area contributed by atoms with Crippen molar-refractivity contribution in [3.63, 3.8) is 0 Å². The van der Waals surface area contributed by atoms with E-state index in [1.54, 1.807) is 11.3 Å². The van der Waals surface area contributed by atoms with Gasteiger partial charge in [-0.25, -0.2) is 4.98 Å². The van der Waals surface area contributed by atoms with Gasteiger partial charge in [-0.1, -0.05) is 30.3 Å². The van der Waals surface area contributed by atoms with Gasteiger partial charge in [-0.05, 0) is 23.3 Å². The molecule has 3 aromatic rings. The highest BCUT2D eigenvalue weighted by Gasteiger charge is 2.12. The van der Waals surface area contributed by atoms with Crippen LogP contribution in [0.3, 0.4) is 0 Å². The Balaban J connectivity index is 1.73. The summed E-state index contributed by atoms with van der Waals surface area (Å²) in [5.74, 6) is 0. The lowest BCUT2D eigenvalue weighted by Gasteiger charge is -2.19. The lowest BCUT2D eigenvalue weighted by molar-refractivity contribution is 0.604. The van der Waals surface area contributed by atoms with Gasteiger partial charge in [-0.2, -0.15) is 0 Å². The van der Waals surface area contributed by atoms with Crippen LogP contribution in [-0.2, 0) is 6.42 Å². The summed E-state index contributed by atoms with van der Waals surface area (Å²) in [5, 5.41) is 6.82. The van der Waals surface area contributed by atoms with Crippen LogP contribution < -0.4 is 5.32 Å². The first kappa shape index (κ1) is 13.9. The van der Waals surface area contributed by atoms with Gasteiger partial charge in [0.2, 0.25) is 0 Å². The number of hydrogen-bond acceptors (Lipinski definition) is 4. The molecular formula is C17H17N3S. The summed E-state index contributed by atoms with van der Waals surface area (Å²) in [6, 6.07) is 14.8. The molecule has 21 heavy (non-hydrogen) atoms. The largest absolute Gasteiger partial charge is 0.306 e. The molecule has 0 radical (unpaired) electrons. The Morgan fingerprint density at radius 3 is 2.43 bits per heavy atom. The van der Waals surface area contributed by atoms with Gasteiger partial charge < -0.3 is 5.32 Å². The maximum Gasteiger partial charge on any atom is 0.0937 e. The summed E-state index contributed by atoms with van der Waals surface area (Å²) in [7, 11) is 0. The summed E-state index contributed by atoms with van der Waals surface area (Å²) in [6.07, 6.45) is 6.49. The second-order valence-electron chi connectivity index (χ2n) is 4.75. The second-order valence-corrected chi connectivity index (χ2v) is 5.73. The average molecular weight is 295 g/mol. The van der Waals surface area contributed by atoms with E-state index < -0.39 is 0 Å². The highest BCUT2D eigenvalue weighted by Crippen LogP contribution is 2.21. The second kappa shape index (κ2) is 7.11. The average Bonchev–Trinajstić information content (AvgIpc) is 3.07. The Kier molecular flexibility index (Phi) is 4.71. The smallest absolute Gasteiger partial charge is 0.0937 e. The predicted octanol–water partition coefficient (Wildman–Crippen LogP) is 3.46. The fraction of sp³-hybridized carbons (Fsp3) is 0.176. The molecule has 2 heterocycles. The molecule has 1 aromatic carbocycles. The van der Waals surface area contributed by atoms with Crippen LogP contribution >= 0.6 is 11.3 Å². The van der Waals surface area contributed by atoms with Gasteiger partial charge in [0.15, 0.2) is 0 Å². The van der Waals surface area contributed by atoms with Crippen LogP contribution in [-0.4, -0.2) is 16.5 Å². The van der Waals surface area contributed by atoms with Crippen molar-refractivity contribution >= 4 is 11.3 Å². The van der Waals surface area contributed by atoms with Crippen LogP contribution in [0.1, 0.15) is 22.2 Å². The number of hydrogen-bond donors (Lipinski definition) is 1. The number of benzene rings is 1. The summed E-state index contributed by atoms with van der Waals surface area (Å²) in [4.78, 5) is 8.43. The van der Waals surface area contributed by atoms with Crippen LogP contribution in [0.25, 0.3) is 0 Å². The van der Waals surface area contributed by atoms with Gasteiger partial charge in [-0.15, -0.1) is 11.3 Å². The van der Waals surface area contributed by atoms with E-state index in [0.717, 1.165) is 13.0 Å². The molecule has 0 aliphatic carbocycles. The SMILES string of the molecule is c1ccc(C(NCCc2nccs2)c2ccncc2)cc1. The summed E-state index contributed by atoms with van der Waals surface area (Å²) >= 11 is 1.71. The predicted molar refractivity (Wildman–Crippen MR) is 86.3 cm³/mol. The van der Waals surface area contributed by atoms with Gasteiger partial charge >= 0.3 is 0 Å². The molecule has 0 saturated heterocycles. The van der Waals surface area contributed by atoms with Crippen molar-refractivity contribution in [1.82, 2.24) is 15.3 Å². The number of thiazole rings is 1. The number of nitrogens with one attached hydrogen (secondary N) is 1. The maximum atomic E-state index is 4.33. The van der Waals surface area contributed by atoms with E-state index in [0.29, 0.717) is 0 Å². The third-order valence-electron chi connectivity index (χ3n) is 3.34. The molecule has 0 saturated carbocycles. The molecule has 1 N–H and O–H groups in total. The van der Waals surface area contributed by atoms with Crippen molar-refractivity contribution in [2.45, 2.75) is 12.5 Å². The monoisotopic (exact) mass is 295 g/mol. The zero-order chi connectivity index (χ0) is 14.3. The molecule has 0 spiro atoms. The number of pyridine rings is 1. The fourth-order valence-corrected chi connectivity index (χ4v) is 2.95. The zero-order valence-electron chi connectivity index (χ0n) is 11.6.